The molecule has 0 aliphatic carbocycles. The van der Waals surface area contributed by atoms with Crippen molar-refractivity contribution < 1.29 is 9.53 Å². The number of nitrogens with one attached hydrogen (secondary N) is 1. The van der Waals surface area contributed by atoms with Crippen molar-refractivity contribution in [2.24, 2.45) is 5.73 Å². The van der Waals surface area contributed by atoms with Gasteiger partial charge in [0.05, 0.1) is 18.3 Å². The van der Waals surface area contributed by atoms with Crippen LogP contribution in [-0.2, 0) is 6.54 Å². The molecule has 2 aromatic heterocycles. The molecule has 0 spiro atoms. The number of fused-ring (bicyclic) bond motifs is 3. The summed E-state index contributed by atoms with van der Waals surface area (Å²) < 4.78 is 7.63. The van der Waals surface area contributed by atoms with Crippen LogP contribution in [0.5, 0.6) is 5.75 Å². The van der Waals surface area contributed by atoms with Crippen molar-refractivity contribution in [1.29, 1.82) is 0 Å². The molecule has 6 nitrogen and oxygen atoms in total. The molecule has 5 aromatic rings. The average molecular weight is 487 g/mol. The van der Waals surface area contributed by atoms with Gasteiger partial charge in [-0.05, 0) is 42.0 Å². The number of hydrogen-bond acceptors (Lipinski definition) is 4. The van der Waals surface area contributed by atoms with Crippen LogP contribution >= 0.6 is 12.4 Å². The molecule has 0 unspecified atom stereocenters. The van der Waals surface area contributed by atoms with Gasteiger partial charge < -0.3 is 20.4 Å². The van der Waals surface area contributed by atoms with Gasteiger partial charge in [0.2, 0.25) is 0 Å². The van der Waals surface area contributed by atoms with E-state index in [9.17, 15) is 4.79 Å². The van der Waals surface area contributed by atoms with Crippen LogP contribution < -0.4 is 15.8 Å². The molecule has 0 aliphatic heterocycles. The Bertz CT molecular complexity index is 1460. The van der Waals surface area contributed by atoms with E-state index < -0.39 is 0 Å². The van der Waals surface area contributed by atoms with Crippen molar-refractivity contribution in [1.82, 2.24) is 14.9 Å². The van der Waals surface area contributed by atoms with E-state index in [4.69, 9.17) is 15.5 Å². The number of para-hydroxylation sites is 1. The Kier molecular flexibility index (Phi) is 7.34. The Morgan fingerprint density at radius 2 is 1.69 bits per heavy atom. The molecule has 35 heavy (non-hydrogen) atoms. The maximum atomic E-state index is 12.9. The van der Waals surface area contributed by atoms with Crippen LogP contribution in [0.25, 0.3) is 33.1 Å². The minimum Gasteiger partial charge on any atom is -0.497 e. The second-order valence-corrected chi connectivity index (χ2v) is 8.11. The van der Waals surface area contributed by atoms with Crippen LogP contribution in [0.15, 0.2) is 84.9 Å². The lowest BCUT2D eigenvalue weighted by molar-refractivity contribution is 0.0950. The summed E-state index contributed by atoms with van der Waals surface area (Å²) in [7, 11) is 1.64. The van der Waals surface area contributed by atoms with Gasteiger partial charge in [-0.2, -0.15) is 0 Å². The molecule has 0 atom stereocenters. The van der Waals surface area contributed by atoms with E-state index in [2.05, 4.69) is 34.1 Å². The molecule has 0 bridgehead atoms. The average Bonchev–Trinajstić information content (AvgIpc) is 3.21. The summed E-state index contributed by atoms with van der Waals surface area (Å²) in [6.07, 6.45) is 0. The van der Waals surface area contributed by atoms with E-state index in [0.717, 1.165) is 38.8 Å². The highest BCUT2D eigenvalue weighted by atomic mass is 35.5. The molecule has 0 aliphatic rings. The van der Waals surface area contributed by atoms with Crippen LogP contribution in [0.1, 0.15) is 16.1 Å². The number of halogens is 1. The van der Waals surface area contributed by atoms with Crippen LogP contribution in [0.4, 0.5) is 0 Å². The summed E-state index contributed by atoms with van der Waals surface area (Å²) in [6.45, 7) is 1.45. The molecule has 0 radical (unpaired) electrons. The first-order valence-corrected chi connectivity index (χ1v) is 11.3. The third kappa shape index (κ3) is 4.71. The maximum Gasteiger partial charge on any atom is 0.269 e. The second-order valence-electron chi connectivity index (χ2n) is 8.11. The fraction of sp³-hybridized carbons (Fsp3) is 0.143. The molecule has 3 N–H and O–H groups in total. The second kappa shape index (κ2) is 10.6. The number of amides is 1. The number of nitrogens with zero attached hydrogens (tertiary/aromatic N) is 2. The van der Waals surface area contributed by atoms with Crippen molar-refractivity contribution in [2.45, 2.75) is 6.54 Å². The molecule has 5 rings (SSSR count). The molecular weight excluding hydrogens is 460 g/mol. The normalized spacial score (nSPS) is 10.8. The van der Waals surface area contributed by atoms with Crippen molar-refractivity contribution in [3.8, 4) is 17.0 Å². The molecule has 7 heteroatoms. The maximum absolute atomic E-state index is 12.9. The Balaban J connectivity index is 0.00000289. The van der Waals surface area contributed by atoms with Crippen LogP contribution in [0.3, 0.4) is 0 Å². The largest absolute Gasteiger partial charge is 0.497 e. The number of methoxy groups -OCH3 is 1. The first-order valence-electron chi connectivity index (χ1n) is 11.3. The molecule has 0 fully saturated rings. The SMILES string of the molecule is COc1ccc(-c2nc(C(=O)NCCN)cc3c4ccccc4n(Cc4ccccc4)c23)cc1.Cl. The van der Waals surface area contributed by atoms with Gasteiger partial charge in [0.1, 0.15) is 11.4 Å². The number of hydrogen-bond donors (Lipinski definition) is 2. The number of nitrogens with two attached hydrogens (primary N) is 1. The molecule has 0 saturated carbocycles. The zero-order valence-electron chi connectivity index (χ0n) is 19.4. The Morgan fingerprint density at radius 1 is 0.971 bits per heavy atom. The molecular formula is C28H27ClN4O2. The van der Waals surface area contributed by atoms with Crippen LogP contribution in [0, 0.1) is 0 Å². The number of carbonyl (C=O) groups is 1. The van der Waals surface area contributed by atoms with E-state index in [-0.39, 0.29) is 18.3 Å². The van der Waals surface area contributed by atoms with Gasteiger partial charge in [-0.25, -0.2) is 4.98 Å². The zero-order chi connectivity index (χ0) is 23.5. The monoisotopic (exact) mass is 486 g/mol. The summed E-state index contributed by atoms with van der Waals surface area (Å²) >= 11 is 0. The number of rotatable bonds is 7. The third-order valence-corrected chi connectivity index (χ3v) is 5.96. The van der Waals surface area contributed by atoms with Crippen molar-refractivity contribution >= 4 is 40.1 Å². The lowest BCUT2D eigenvalue weighted by Crippen LogP contribution is -2.29. The minimum atomic E-state index is -0.234. The summed E-state index contributed by atoms with van der Waals surface area (Å²) in [5, 5.41) is 4.92. The number of ether oxygens (including phenoxy) is 1. The van der Waals surface area contributed by atoms with Crippen LogP contribution in [0.2, 0.25) is 0 Å². The molecule has 0 saturated heterocycles. The van der Waals surface area contributed by atoms with Crippen molar-refractivity contribution in [3.63, 3.8) is 0 Å². The van der Waals surface area contributed by atoms with E-state index in [1.807, 2.05) is 60.7 Å². The van der Waals surface area contributed by atoms with Gasteiger partial charge in [0.25, 0.3) is 5.91 Å². The van der Waals surface area contributed by atoms with E-state index >= 15 is 0 Å². The Morgan fingerprint density at radius 3 is 2.40 bits per heavy atom. The summed E-state index contributed by atoms with van der Waals surface area (Å²) in [5.74, 6) is 0.531. The fourth-order valence-electron chi connectivity index (χ4n) is 4.35. The minimum absolute atomic E-state index is 0. The predicted octanol–water partition coefficient (Wildman–Crippen LogP) is 5.02. The van der Waals surface area contributed by atoms with Gasteiger partial charge in [0, 0.05) is 41.5 Å². The van der Waals surface area contributed by atoms with Gasteiger partial charge in [0.15, 0.2) is 0 Å². The highest BCUT2D eigenvalue weighted by molar-refractivity contribution is 6.14. The molecule has 2 heterocycles. The lowest BCUT2D eigenvalue weighted by atomic mass is 10.1. The van der Waals surface area contributed by atoms with Crippen LogP contribution in [-0.4, -0.2) is 35.7 Å². The number of aromatic nitrogens is 2. The topological polar surface area (TPSA) is 82.2 Å². The first-order chi connectivity index (χ1) is 16.7. The Labute approximate surface area is 210 Å². The quantitative estimate of drug-likeness (QED) is 0.338. The lowest BCUT2D eigenvalue weighted by Gasteiger charge is -2.13. The number of pyridine rings is 1. The van der Waals surface area contributed by atoms with E-state index in [1.165, 1.54) is 5.56 Å². The van der Waals surface area contributed by atoms with Gasteiger partial charge in [-0.3, -0.25) is 4.79 Å². The van der Waals surface area contributed by atoms with Gasteiger partial charge in [-0.15, -0.1) is 12.4 Å². The van der Waals surface area contributed by atoms with Gasteiger partial charge in [-0.1, -0.05) is 48.5 Å². The van der Waals surface area contributed by atoms with Crippen molar-refractivity contribution in [3.05, 3.63) is 96.2 Å². The summed E-state index contributed by atoms with van der Waals surface area (Å²) in [5.41, 5.74) is 10.9. The molecule has 178 valence electrons. The summed E-state index contributed by atoms with van der Waals surface area (Å²) in [4.78, 5) is 17.8. The smallest absolute Gasteiger partial charge is 0.269 e. The standard InChI is InChI=1S/C28H26N4O2.ClH/c1-34-21-13-11-20(12-14-21)26-27-23(17-24(31-26)28(33)30-16-15-29)22-9-5-6-10-25(22)32(27)18-19-7-3-2-4-8-19;/h2-14,17H,15-16,18,29H2,1H3,(H,30,33);1H. The summed E-state index contributed by atoms with van der Waals surface area (Å²) in [6, 6.07) is 28.3. The number of benzene rings is 3. The van der Waals surface area contributed by atoms with E-state index in [0.29, 0.717) is 25.3 Å². The first kappa shape index (κ1) is 24.3. The molecule has 1 amide bonds. The van der Waals surface area contributed by atoms with Crippen molar-refractivity contribution in [2.75, 3.05) is 20.2 Å². The van der Waals surface area contributed by atoms with Gasteiger partial charge >= 0.3 is 0 Å². The fourth-order valence-corrected chi connectivity index (χ4v) is 4.35. The Hall–Kier alpha value is -3.87. The zero-order valence-corrected chi connectivity index (χ0v) is 20.2. The number of carbonyl (C=O) groups excluding carboxylic acids is 1. The van der Waals surface area contributed by atoms with E-state index in [1.54, 1.807) is 7.11 Å². The molecule has 3 aromatic carbocycles. The third-order valence-electron chi connectivity index (χ3n) is 5.96. The predicted molar refractivity (Wildman–Crippen MR) is 143 cm³/mol. The highest BCUT2D eigenvalue weighted by Gasteiger charge is 2.20. The highest BCUT2D eigenvalue weighted by Crippen LogP contribution is 2.36.